The molecule has 0 saturated carbocycles. The number of nitrogens with two attached hydrogens (primary N) is 1. The highest BCUT2D eigenvalue weighted by molar-refractivity contribution is 6.04. The second-order valence-corrected chi connectivity index (χ2v) is 14.5. The van der Waals surface area contributed by atoms with Crippen molar-refractivity contribution in [2.24, 2.45) is 5.73 Å². The zero-order valence-corrected chi connectivity index (χ0v) is 35.9. The van der Waals surface area contributed by atoms with Crippen LogP contribution < -0.4 is 36.5 Å². The van der Waals surface area contributed by atoms with E-state index in [-0.39, 0.29) is 30.9 Å². The van der Waals surface area contributed by atoms with E-state index in [0.29, 0.717) is 70.0 Å². The lowest BCUT2D eigenvalue weighted by Crippen LogP contribution is -2.35. The number of unbranched alkanes of at least 4 members (excludes halogenated alkanes) is 1. The Morgan fingerprint density at radius 3 is 2.20 bits per heavy atom. The van der Waals surface area contributed by atoms with Crippen molar-refractivity contribution >= 4 is 40.1 Å². The van der Waals surface area contributed by atoms with Crippen LogP contribution >= 0.6 is 0 Å². The highest BCUT2D eigenvalue weighted by Gasteiger charge is 2.21. The molecule has 2 aromatic rings. The molecule has 3 amide bonds. The summed E-state index contributed by atoms with van der Waals surface area (Å²) in [6.07, 6.45) is 1.84. The molecule has 1 aliphatic heterocycles. The lowest BCUT2D eigenvalue weighted by atomic mass is 9.90. The van der Waals surface area contributed by atoms with Crippen LogP contribution in [0, 0.1) is 6.92 Å². The number of hydrogen-bond acceptors (Lipinski definition) is 9. The number of aryl methyl sites for hydroxylation is 1. The van der Waals surface area contributed by atoms with Crippen molar-refractivity contribution in [1.29, 1.82) is 0 Å². The van der Waals surface area contributed by atoms with Gasteiger partial charge in [-0.05, 0) is 102 Å². The van der Waals surface area contributed by atoms with Gasteiger partial charge in [-0.25, -0.2) is 4.58 Å². The van der Waals surface area contributed by atoms with Gasteiger partial charge in [0.1, 0.15) is 31.0 Å². The predicted molar refractivity (Wildman–Crippen MR) is 237 cm³/mol. The number of benzene rings is 3. The molecule has 0 aromatic heterocycles. The van der Waals surface area contributed by atoms with Crippen LogP contribution in [0.4, 0.5) is 11.4 Å². The summed E-state index contributed by atoms with van der Waals surface area (Å²) in [5, 5.41) is 10.7. The van der Waals surface area contributed by atoms with E-state index in [0.717, 1.165) is 76.2 Å². The van der Waals surface area contributed by atoms with Gasteiger partial charge in [-0.3, -0.25) is 14.4 Å². The quantitative estimate of drug-likeness (QED) is 0.0295. The average Bonchev–Trinajstić information content (AvgIpc) is 3.22. The van der Waals surface area contributed by atoms with Crippen molar-refractivity contribution in [3.05, 3.63) is 77.7 Å². The molecule has 2 aromatic carbocycles. The molecule has 13 nitrogen and oxygen atoms in total. The summed E-state index contributed by atoms with van der Waals surface area (Å²) in [6, 6.07) is 18.2. The lowest BCUT2D eigenvalue weighted by molar-refractivity contribution is -0.126. The molecule has 1 heterocycles. The number of ether oxygens (including phenoxy) is 3. The molecule has 13 heteroatoms. The van der Waals surface area contributed by atoms with E-state index in [2.05, 4.69) is 109 Å². The minimum absolute atomic E-state index is 0.0658. The molecule has 59 heavy (non-hydrogen) atoms. The summed E-state index contributed by atoms with van der Waals surface area (Å²) >= 11 is 0. The van der Waals surface area contributed by atoms with Gasteiger partial charge in [0, 0.05) is 71.8 Å². The SMILES string of the molecule is C=C(C)C(=O)NCCOCCOCCOCC(=O)NCCCCC(N)C(=O)Nc1ccc(-c2c3ccc(=[N+](CC)CC)cc-3oc3cc(N(CC)CC)ccc23)c(C)c1. The van der Waals surface area contributed by atoms with Crippen LogP contribution in [0.2, 0.25) is 0 Å². The van der Waals surface area contributed by atoms with Crippen LogP contribution in [-0.2, 0) is 28.6 Å². The van der Waals surface area contributed by atoms with E-state index in [4.69, 9.17) is 24.4 Å². The zero-order valence-electron chi connectivity index (χ0n) is 35.9. The van der Waals surface area contributed by atoms with Crippen LogP contribution in [0.5, 0.6) is 0 Å². The number of rotatable bonds is 25. The van der Waals surface area contributed by atoms with Crippen LogP contribution in [0.25, 0.3) is 33.4 Å². The van der Waals surface area contributed by atoms with Crippen LogP contribution in [0.15, 0.2) is 71.2 Å². The van der Waals surface area contributed by atoms with Gasteiger partial charge in [-0.2, -0.15) is 0 Å². The van der Waals surface area contributed by atoms with Gasteiger partial charge < -0.3 is 45.2 Å². The Hall–Kier alpha value is -5.08. The van der Waals surface area contributed by atoms with E-state index >= 15 is 0 Å². The smallest absolute Gasteiger partial charge is 0.246 e. The second-order valence-electron chi connectivity index (χ2n) is 14.5. The highest BCUT2D eigenvalue weighted by atomic mass is 16.5. The van der Waals surface area contributed by atoms with Gasteiger partial charge in [0.2, 0.25) is 23.1 Å². The first-order chi connectivity index (χ1) is 28.5. The number of hydrogen-bond donors (Lipinski definition) is 4. The summed E-state index contributed by atoms with van der Waals surface area (Å²) in [5.74, 6) is 0.163. The van der Waals surface area contributed by atoms with Crippen LogP contribution in [0.1, 0.15) is 59.4 Å². The summed E-state index contributed by atoms with van der Waals surface area (Å²) in [5.41, 5.74) is 13.6. The van der Waals surface area contributed by atoms with Gasteiger partial charge in [-0.15, -0.1) is 0 Å². The van der Waals surface area contributed by atoms with Crippen molar-refractivity contribution in [1.82, 2.24) is 15.2 Å². The maximum atomic E-state index is 13.1. The largest absolute Gasteiger partial charge is 0.456 e. The number of fused-ring (bicyclic) bond motifs is 2. The maximum Gasteiger partial charge on any atom is 0.246 e. The minimum Gasteiger partial charge on any atom is -0.456 e. The van der Waals surface area contributed by atoms with Crippen LogP contribution in [0.3, 0.4) is 0 Å². The first-order valence-corrected chi connectivity index (χ1v) is 21.0. The number of amides is 3. The number of carbonyl (C=O) groups excluding carboxylic acids is 3. The van der Waals surface area contributed by atoms with Gasteiger partial charge in [0.05, 0.1) is 45.1 Å². The molecule has 0 saturated heterocycles. The first-order valence-electron chi connectivity index (χ1n) is 21.0. The molecule has 320 valence electrons. The molecule has 1 aliphatic carbocycles. The molecule has 5 N–H and O–H groups in total. The Labute approximate surface area is 349 Å². The molecule has 0 bridgehead atoms. The molecular weight excluding hydrogens is 749 g/mol. The number of nitrogens with zero attached hydrogens (tertiary/aromatic N) is 2. The fourth-order valence-electron chi connectivity index (χ4n) is 6.88. The highest BCUT2D eigenvalue weighted by Crippen LogP contribution is 2.42. The minimum atomic E-state index is -0.689. The molecular formula is C46H65N6O7+. The molecule has 1 atom stereocenters. The average molecular weight is 814 g/mol. The van der Waals surface area contributed by atoms with Crippen molar-refractivity contribution in [3.8, 4) is 22.5 Å². The fourth-order valence-corrected chi connectivity index (χ4v) is 6.88. The third-order valence-corrected chi connectivity index (χ3v) is 10.2. The third-order valence-electron chi connectivity index (χ3n) is 10.2. The summed E-state index contributed by atoms with van der Waals surface area (Å²) in [7, 11) is 0. The lowest BCUT2D eigenvalue weighted by Gasteiger charge is -2.23. The fraction of sp³-hybridized carbons (Fsp3) is 0.478. The van der Waals surface area contributed by atoms with E-state index in [1.54, 1.807) is 6.92 Å². The van der Waals surface area contributed by atoms with E-state index < -0.39 is 6.04 Å². The second kappa shape index (κ2) is 24.1. The number of anilines is 2. The van der Waals surface area contributed by atoms with Crippen molar-refractivity contribution in [3.63, 3.8) is 0 Å². The topological polar surface area (TPSA) is 160 Å². The Kier molecular flexibility index (Phi) is 19.0. The third kappa shape index (κ3) is 13.7. The van der Waals surface area contributed by atoms with Gasteiger partial charge >= 0.3 is 0 Å². The van der Waals surface area contributed by atoms with Gasteiger partial charge in [0.25, 0.3) is 0 Å². The maximum absolute atomic E-state index is 13.1. The van der Waals surface area contributed by atoms with Crippen molar-refractivity contribution < 1.29 is 33.0 Å². The standard InChI is InChI=1S/C46H64N6O7/c1-8-51(9-2)35-16-19-38-41(29-35)59-42-30-36(52(10-3)11-4)17-20-39(42)44(38)37-18-15-34(28-33(37)7)50-46(55)40(47)14-12-13-21-48-43(53)31-58-27-26-57-25-24-56-23-22-49-45(54)32(5)6/h15-20,28-30,40H,5,8-14,21-27,31,47H2,1-4,6-7H3,(H2,48,49,53,54)/p+1. The Morgan fingerprint density at radius 1 is 0.831 bits per heavy atom. The Morgan fingerprint density at radius 2 is 1.53 bits per heavy atom. The number of nitrogens with one attached hydrogen (secondary N) is 3. The first kappa shape index (κ1) is 46.6. The Balaban J connectivity index is 1.25. The van der Waals surface area contributed by atoms with Crippen LogP contribution in [-0.4, -0.2) is 103 Å². The summed E-state index contributed by atoms with van der Waals surface area (Å²) in [6.45, 7) is 22.1. The van der Waals surface area contributed by atoms with Gasteiger partial charge in [-0.1, -0.05) is 12.6 Å². The molecule has 0 radical (unpaired) electrons. The molecule has 1 unspecified atom stereocenters. The monoisotopic (exact) mass is 813 g/mol. The Bertz CT molecular complexity index is 2050. The van der Waals surface area contributed by atoms with Crippen molar-refractivity contribution in [2.45, 2.75) is 66.8 Å². The predicted octanol–water partition coefficient (Wildman–Crippen LogP) is 5.47. The summed E-state index contributed by atoms with van der Waals surface area (Å²) < 4.78 is 25.2. The van der Waals surface area contributed by atoms with E-state index in [1.165, 1.54) is 0 Å². The van der Waals surface area contributed by atoms with E-state index in [9.17, 15) is 14.4 Å². The summed E-state index contributed by atoms with van der Waals surface area (Å²) in [4.78, 5) is 39.0. The normalized spacial score (nSPS) is 11.7. The van der Waals surface area contributed by atoms with E-state index in [1.807, 2.05) is 12.1 Å². The molecule has 4 rings (SSSR count). The number of carbonyl (C=O) groups is 3. The molecule has 0 fully saturated rings. The molecule has 0 spiro atoms. The van der Waals surface area contributed by atoms with Crippen molar-refractivity contribution in [2.75, 3.05) is 89.1 Å². The zero-order chi connectivity index (χ0) is 42.7. The molecule has 2 aliphatic rings. The van der Waals surface area contributed by atoms with Gasteiger partial charge in [0.15, 0.2) is 0 Å².